The molecule has 1 aliphatic carbocycles. The Labute approximate surface area is 125 Å². The molecule has 1 aromatic rings. The fourth-order valence-corrected chi connectivity index (χ4v) is 4.35. The van der Waals surface area contributed by atoms with Gasteiger partial charge in [0.1, 0.15) is 0 Å². The van der Waals surface area contributed by atoms with E-state index in [0.29, 0.717) is 6.54 Å². The summed E-state index contributed by atoms with van der Waals surface area (Å²) in [5, 5.41) is 5.52. The summed E-state index contributed by atoms with van der Waals surface area (Å²) in [6.07, 6.45) is 5.06. The summed E-state index contributed by atoms with van der Waals surface area (Å²) in [6, 6.07) is 2.16. The minimum absolute atomic E-state index is 0.257. The molecule has 0 spiro atoms. The van der Waals surface area contributed by atoms with Crippen LogP contribution in [0.2, 0.25) is 0 Å². The van der Waals surface area contributed by atoms with Gasteiger partial charge in [-0.1, -0.05) is 19.8 Å². The molecule has 1 amide bonds. The van der Waals surface area contributed by atoms with Crippen LogP contribution in [0.25, 0.3) is 0 Å². The highest BCUT2D eigenvalue weighted by Gasteiger charge is 2.24. The van der Waals surface area contributed by atoms with Gasteiger partial charge in [0.2, 0.25) is 5.91 Å². The van der Waals surface area contributed by atoms with Gasteiger partial charge >= 0.3 is 0 Å². The van der Waals surface area contributed by atoms with Crippen molar-refractivity contribution < 1.29 is 4.79 Å². The molecule has 1 aromatic heterocycles. The molecule has 20 heavy (non-hydrogen) atoms. The molecule has 110 valence electrons. The molecule has 0 aromatic carbocycles. The Morgan fingerprint density at radius 1 is 1.50 bits per heavy atom. The zero-order valence-corrected chi connectivity index (χ0v) is 13.0. The van der Waals surface area contributed by atoms with Crippen LogP contribution in [-0.2, 0) is 17.8 Å². The van der Waals surface area contributed by atoms with E-state index in [2.05, 4.69) is 23.7 Å². The quantitative estimate of drug-likeness (QED) is 0.925. The van der Waals surface area contributed by atoms with Gasteiger partial charge in [-0.2, -0.15) is 0 Å². The Balaban J connectivity index is 1.43. The zero-order valence-electron chi connectivity index (χ0n) is 12.2. The molecule has 2 aliphatic rings. The van der Waals surface area contributed by atoms with E-state index < -0.39 is 0 Å². The van der Waals surface area contributed by atoms with E-state index in [1.807, 2.05) is 16.2 Å². The van der Waals surface area contributed by atoms with E-state index in [0.717, 1.165) is 37.9 Å². The van der Waals surface area contributed by atoms with Crippen molar-refractivity contribution in [3.05, 3.63) is 21.9 Å². The van der Waals surface area contributed by atoms with E-state index in [4.69, 9.17) is 0 Å². The highest BCUT2D eigenvalue weighted by atomic mass is 32.1. The zero-order chi connectivity index (χ0) is 13.9. The smallest absolute Gasteiger partial charge is 0.236 e. The van der Waals surface area contributed by atoms with Crippen molar-refractivity contribution in [2.45, 2.75) is 39.2 Å². The number of fused-ring (bicyclic) bond motifs is 1. The lowest BCUT2D eigenvalue weighted by Crippen LogP contribution is -2.41. The Kier molecular flexibility index (Phi) is 4.41. The standard InChI is InChI=1S/C16H24N2OS/c1-12-3-2-4-13(12)9-17-10-16(19)18-7-5-15-14(11-18)6-8-20-15/h6,8,12-13,17H,2-5,7,9-11H2,1H3. The van der Waals surface area contributed by atoms with Crippen molar-refractivity contribution in [2.75, 3.05) is 19.6 Å². The minimum Gasteiger partial charge on any atom is -0.337 e. The number of amides is 1. The first kappa shape index (κ1) is 14.1. The van der Waals surface area contributed by atoms with Crippen molar-refractivity contribution in [3.63, 3.8) is 0 Å². The second kappa shape index (κ2) is 6.27. The molecule has 2 atom stereocenters. The van der Waals surface area contributed by atoms with Gasteiger partial charge in [0.15, 0.2) is 0 Å². The molecule has 1 N–H and O–H groups in total. The van der Waals surface area contributed by atoms with Crippen LogP contribution < -0.4 is 5.32 Å². The number of nitrogens with zero attached hydrogens (tertiary/aromatic N) is 1. The predicted octanol–water partition coefficient (Wildman–Crippen LogP) is 2.66. The van der Waals surface area contributed by atoms with Crippen LogP contribution >= 0.6 is 11.3 Å². The molecule has 3 rings (SSSR count). The fraction of sp³-hybridized carbons (Fsp3) is 0.688. The van der Waals surface area contributed by atoms with Gasteiger partial charge < -0.3 is 10.2 Å². The molecule has 0 bridgehead atoms. The molecule has 0 saturated heterocycles. The van der Waals surface area contributed by atoms with Crippen LogP contribution in [0.1, 0.15) is 36.6 Å². The van der Waals surface area contributed by atoms with Gasteiger partial charge in [0.25, 0.3) is 0 Å². The third-order valence-electron chi connectivity index (χ3n) is 4.88. The Morgan fingerprint density at radius 3 is 3.20 bits per heavy atom. The molecular formula is C16H24N2OS. The van der Waals surface area contributed by atoms with E-state index in [-0.39, 0.29) is 5.91 Å². The third kappa shape index (κ3) is 3.07. The van der Waals surface area contributed by atoms with Gasteiger partial charge in [0.05, 0.1) is 6.54 Å². The number of thiophene rings is 1. The first-order valence-corrected chi connectivity index (χ1v) is 8.65. The molecule has 3 nitrogen and oxygen atoms in total. The van der Waals surface area contributed by atoms with E-state index in [1.165, 1.54) is 29.7 Å². The lowest BCUT2D eigenvalue weighted by molar-refractivity contribution is -0.131. The largest absolute Gasteiger partial charge is 0.337 e. The summed E-state index contributed by atoms with van der Waals surface area (Å²) in [4.78, 5) is 15.7. The van der Waals surface area contributed by atoms with E-state index in [9.17, 15) is 4.79 Å². The van der Waals surface area contributed by atoms with Gasteiger partial charge in [-0.05, 0) is 48.2 Å². The van der Waals surface area contributed by atoms with Crippen LogP contribution in [0.15, 0.2) is 11.4 Å². The molecule has 2 unspecified atom stereocenters. The van der Waals surface area contributed by atoms with Gasteiger partial charge in [-0.25, -0.2) is 0 Å². The Morgan fingerprint density at radius 2 is 2.40 bits per heavy atom. The summed E-state index contributed by atoms with van der Waals surface area (Å²) in [7, 11) is 0. The molecule has 4 heteroatoms. The first-order chi connectivity index (χ1) is 9.74. The molecule has 1 fully saturated rings. The SMILES string of the molecule is CC1CCCC1CNCC(=O)N1CCc2sccc2C1. The lowest BCUT2D eigenvalue weighted by Gasteiger charge is -2.27. The second-order valence-electron chi connectivity index (χ2n) is 6.23. The number of hydrogen-bond donors (Lipinski definition) is 1. The monoisotopic (exact) mass is 292 g/mol. The first-order valence-electron chi connectivity index (χ1n) is 7.78. The van der Waals surface area contributed by atoms with Crippen LogP contribution in [0.4, 0.5) is 0 Å². The third-order valence-corrected chi connectivity index (χ3v) is 5.91. The normalized spacial score (nSPS) is 25.8. The highest BCUT2D eigenvalue weighted by Crippen LogP contribution is 2.30. The predicted molar refractivity (Wildman–Crippen MR) is 82.8 cm³/mol. The fourth-order valence-electron chi connectivity index (χ4n) is 3.46. The second-order valence-corrected chi connectivity index (χ2v) is 7.23. The van der Waals surface area contributed by atoms with Crippen LogP contribution in [-0.4, -0.2) is 30.4 Å². The number of nitrogens with one attached hydrogen (secondary N) is 1. The summed E-state index contributed by atoms with van der Waals surface area (Å²) in [5.41, 5.74) is 1.35. The van der Waals surface area contributed by atoms with E-state index >= 15 is 0 Å². The minimum atomic E-state index is 0.257. The van der Waals surface area contributed by atoms with Crippen molar-refractivity contribution in [3.8, 4) is 0 Å². The highest BCUT2D eigenvalue weighted by molar-refractivity contribution is 7.10. The molecular weight excluding hydrogens is 268 g/mol. The molecule has 1 saturated carbocycles. The van der Waals surface area contributed by atoms with Crippen molar-refractivity contribution in [2.24, 2.45) is 11.8 Å². The van der Waals surface area contributed by atoms with Gasteiger partial charge in [0, 0.05) is 18.0 Å². The molecule has 0 radical (unpaired) electrons. The van der Waals surface area contributed by atoms with Gasteiger partial charge in [-0.3, -0.25) is 4.79 Å². The average Bonchev–Trinajstić information content (AvgIpc) is 3.07. The van der Waals surface area contributed by atoms with Crippen molar-refractivity contribution >= 4 is 17.2 Å². The van der Waals surface area contributed by atoms with E-state index in [1.54, 1.807) is 0 Å². The maximum Gasteiger partial charge on any atom is 0.236 e. The topological polar surface area (TPSA) is 32.3 Å². The van der Waals surface area contributed by atoms with Crippen molar-refractivity contribution in [1.29, 1.82) is 0 Å². The summed E-state index contributed by atoms with van der Waals surface area (Å²) in [5.74, 6) is 1.85. The number of rotatable bonds is 4. The number of carbonyl (C=O) groups is 1. The van der Waals surface area contributed by atoms with Crippen molar-refractivity contribution in [1.82, 2.24) is 10.2 Å². The van der Waals surface area contributed by atoms with Crippen LogP contribution in [0.3, 0.4) is 0 Å². The summed E-state index contributed by atoms with van der Waals surface area (Å²) in [6.45, 7) is 5.53. The van der Waals surface area contributed by atoms with Gasteiger partial charge in [-0.15, -0.1) is 11.3 Å². The lowest BCUT2D eigenvalue weighted by atomic mass is 9.98. The molecule has 2 heterocycles. The number of carbonyl (C=O) groups excluding carboxylic acids is 1. The van der Waals surface area contributed by atoms with Crippen LogP contribution in [0.5, 0.6) is 0 Å². The number of hydrogen-bond acceptors (Lipinski definition) is 3. The maximum absolute atomic E-state index is 12.3. The summed E-state index contributed by atoms with van der Waals surface area (Å²) >= 11 is 1.82. The Hall–Kier alpha value is -0.870. The average molecular weight is 292 g/mol. The summed E-state index contributed by atoms with van der Waals surface area (Å²) < 4.78 is 0. The Bertz CT molecular complexity index is 471. The maximum atomic E-state index is 12.3. The molecule has 1 aliphatic heterocycles. The van der Waals surface area contributed by atoms with Crippen LogP contribution in [0, 0.1) is 11.8 Å².